The number of anilines is 1. The van der Waals surface area contributed by atoms with E-state index in [-0.39, 0.29) is 28.7 Å². The monoisotopic (exact) mass is 541 g/mol. The Labute approximate surface area is 223 Å². The van der Waals surface area contributed by atoms with Gasteiger partial charge in [-0.3, -0.25) is 4.90 Å². The maximum atomic E-state index is 13.7. The molecule has 2 aromatic heterocycles. The van der Waals surface area contributed by atoms with E-state index in [1.165, 1.54) is 6.07 Å². The molecule has 1 saturated heterocycles. The SMILES string of the molecule is N#CC1(CN2Cc3nnc(C4CC5(C4)CN(c4ccc(F)c(C(F)F)n4)C5)n3C3C=CC(Cl)=CC3C2)CC1. The summed E-state index contributed by atoms with van der Waals surface area (Å²) in [5, 5.41) is 19.7. The van der Waals surface area contributed by atoms with E-state index in [9.17, 15) is 18.4 Å². The standard InChI is InChI=1S/C27H27ClF3N7/c28-18-1-3-20-16(7-18)10-36(13-26(12-32)5-6-26)11-22-34-35-25(38(20)22)17-8-27(9-17)14-37(15-27)21-4-2-19(29)23(33-21)24(30)31/h1-4,7,16-17,20,24H,5-6,8-11,13-15H2. The van der Waals surface area contributed by atoms with Crippen molar-refractivity contribution in [1.29, 1.82) is 5.26 Å². The Bertz CT molecular complexity index is 1380. The number of rotatable bonds is 5. The Morgan fingerprint density at radius 2 is 1.97 bits per heavy atom. The molecule has 0 amide bonds. The molecule has 2 aromatic rings. The van der Waals surface area contributed by atoms with Gasteiger partial charge in [0, 0.05) is 48.5 Å². The molecule has 3 fully saturated rings. The lowest BCUT2D eigenvalue weighted by Crippen LogP contribution is -2.62. The van der Waals surface area contributed by atoms with Crippen LogP contribution in [0, 0.1) is 33.9 Å². The van der Waals surface area contributed by atoms with Gasteiger partial charge in [0.05, 0.1) is 24.1 Å². The van der Waals surface area contributed by atoms with Crippen LogP contribution >= 0.6 is 11.6 Å². The number of halogens is 4. The molecule has 0 N–H and O–H groups in total. The summed E-state index contributed by atoms with van der Waals surface area (Å²) in [6.45, 7) is 3.61. The van der Waals surface area contributed by atoms with Crippen LogP contribution in [0.15, 0.2) is 35.4 Å². The molecule has 38 heavy (non-hydrogen) atoms. The van der Waals surface area contributed by atoms with E-state index in [1.54, 1.807) is 0 Å². The van der Waals surface area contributed by atoms with Crippen molar-refractivity contribution >= 4 is 17.4 Å². The van der Waals surface area contributed by atoms with Gasteiger partial charge in [0.25, 0.3) is 6.43 Å². The van der Waals surface area contributed by atoms with Crippen LogP contribution in [0.4, 0.5) is 19.0 Å². The number of allylic oxidation sites excluding steroid dienone is 3. The zero-order valence-electron chi connectivity index (χ0n) is 20.7. The lowest BCUT2D eigenvalue weighted by Gasteiger charge is -2.59. The first-order chi connectivity index (χ1) is 18.3. The van der Waals surface area contributed by atoms with Crippen molar-refractivity contribution in [1.82, 2.24) is 24.6 Å². The summed E-state index contributed by atoms with van der Waals surface area (Å²) in [5.41, 5.74) is -0.940. The highest BCUT2D eigenvalue weighted by Crippen LogP contribution is 2.57. The third-order valence-electron chi connectivity index (χ3n) is 8.97. The number of aromatic nitrogens is 4. The van der Waals surface area contributed by atoms with Crippen LogP contribution in [0.2, 0.25) is 0 Å². The van der Waals surface area contributed by atoms with Crippen LogP contribution in [0.3, 0.4) is 0 Å². The maximum absolute atomic E-state index is 13.7. The summed E-state index contributed by atoms with van der Waals surface area (Å²) >= 11 is 6.41. The second kappa shape index (κ2) is 8.55. The van der Waals surface area contributed by atoms with Gasteiger partial charge in [-0.2, -0.15) is 5.26 Å². The summed E-state index contributed by atoms with van der Waals surface area (Å²) in [7, 11) is 0. The molecule has 7 nitrogen and oxygen atoms in total. The minimum atomic E-state index is -2.94. The molecular formula is C27H27ClF3N7. The zero-order valence-corrected chi connectivity index (χ0v) is 21.5. The van der Waals surface area contributed by atoms with Crippen molar-refractivity contribution in [2.45, 2.75) is 50.6 Å². The van der Waals surface area contributed by atoms with Crippen LogP contribution in [-0.4, -0.2) is 50.8 Å². The largest absolute Gasteiger partial charge is 0.355 e. The minimum Gasteiger partial charge on any atom is -0.355 e. The molecule has 7 rings (SSSR count). The van der Waals surface area contributed by atoms with Gasteiger partial charge in [-0.1, -0.05) is 23.8 Å². The number of nitriles is 1. The van der Waals surface area contributed by atoms with E-state index in [4.69, 9.17) is 11.6 Å². The predicted molar refractivity (Wildman–Crippen MR) is 134 cm³/mol. The molecule has 0 aromatic carbocycles. The summed E-state index contributed by atoms with van der Waals surface area (Å²) < 4.78 is 42.1. The normalized spacial score (nSPS) is 27.2. The third kappa shape index (κ3) is 3.93. The van der Waals surface area contributed by atoms with Gasteiger partial charge >= 0.3 is 0 Å². The highest BCUT2D eigenvalue weighted by molar-refractivity contribution is 6.31. The number of pyridine rings is 1. The maximum Gasteiger partial charge on any atom is 0.283 e. The lowest BCUT2D eigenvalue weighted by atomic mass is 9.57. The highest BCUT2D eigenvalue weighted by Gasteiger charge is 2.55. The Morgan fingerprint density at radius 1 is 1.18 bits per heavy atom. The molecule has 0 bridgehead atoms. The lowest BCUT2D eigenvalue weighted by molar-refractivity contribution is 0.0563. The van der Waals surface area contributed by atoms with Crippen molar-refractivity contribution in [3.05, 3.63) is 58.6 Å². The average molecular weight is 542 g/mol. The second-order valence-electron chi connectivity index (χ2n) is 11.8. The summed E-state index contributed by atoms with van der Waals surface area (Å²) in [5.74, 6) is 1.76. The molecule has 2 unspecified atom stereocenters. The van der Waals surface area contributed by atoms with Gasteiger partial charge in [-0.25, -0.2) is 18.2 Å². The Balaban J connectivity index is 1.08. The molecule has 5 aliphatic rings. The fraction of sp³-hybridized carbons (Fsp3) is 0.556. The topological polar surface area (TPSA) is 73.9 Å². The summed E-state index contributed by atoms with van der Waals surface area (Å²) in [6, 6.07) is 5.13. The van der Waals surface area contributed by atoms with Crippen LogP contribution in [-0.2, 0) is 6.54 Å². The Hall–Kier alpha value is -2.90. The molecule has 0 radical (unpaired) electrons. The molecule has 2 aliphatic heterocycles. The summed E-state index contributed by atoms with van der Waals surface area (Å²) in [6.07, 6.45) is 7.02. The van der Waals surface area contributed by atoms with Gasteiger partial charge in [0.1, 0.15) is 23.2 Å². The molecule has 198 valence electrons. The molecule has 3 aliphatic carbocycles. The predicted octanol–water partition coefficient (Wildman–Crippen LogP) is 5.10. The first-order valence-electron chi connectivity index (χ1n) is 13.1. The fourth-order valence-electron chi connectivity index (χ4n) is 6.87. The van der Waals surface area contributed by atoms with Crippen LogP contribution < -0.4 is 4.90 Å². The van der Waals surface area contributed by atoms with E-state index >= 15 is 0 Å². The number of nitrogens with zero attached hydrogens (tertiary/aromatic N) is 7. The second-order valence-corrected chi connectivity index (χ2v) is 12.2. The highest BCUT2D eigenvalue weighted by atomic mass is 35.5. The molecule has 11 heteroatoms. The molecule has 2 atom stereocenters. The average Bonchev–Trinajstić information content (AvgIpc) is 3.53. The smallest absolute Gasteiger partial charge is 0.283 e. The van der Waals surface area contributed by atoms with Crippen molar-refractivity contribution in [3.63, 3.8) is 0 Å². The van der Waals surface area contributed by atoms with Gasteiger partial charge < -0.3 is 9.47 Å². The zero-order chi connectivity index (χ0) is 26.2. The number of fused-ring (bicyclic) bond motifs is 3. The number of hydrogen-bond donors (Lipinski definition) is 0. The van der Waals surface area contributed by atoms with Crippen molar-refractivity contribution in [3.8, 4) is 6.07 Å². The van der Waals surface area contributed by atoms with Crippen molar-refractivity contribution in [2.75, 3.05) is 31.1 Å². The minimum absolute atomic E-state index is 0.0744. The van der Waals surface area contributed by atoms with Gasteiger partial charge in [0.2, 0.25) is 0 Å². The third-order valence-corrected chi connectivity index (χ3v) is 9.22. The molecular weight excluding hydrogens is 515 g/mol. The van der Waals surface area contributed by atoms with Crippen LogP contribution in [0.1, 0.15) is 61.4 Å². The fourth-order valence-corrected chi connectivity index (χ4v) is 7.11. The first-order valence-corrected chi connectivity index (χ1v) is 13.5. The van der Waals surface area contributed by atoms with E-state index in [1.807, 2.05) is 11.0 Å². The number of alkyl halides is 2. The van der Waals surface area contributed by atoms with E-state index in [2.05, 4.69) is 42.9 Å². The Morgan fingerprint density at radius 3 is 2.68 bits per heavy atom. The van der Waals surface area contributed by atoms with Gasteiger partial charge in [-0.15, -0.1) is 10.2 Å². The summed E-state index contributed by atoms with van der Waals surface area (Å²) in [4.78, 5) is 8.15. The van der Waals surface area contributed by atoms with Crippen LogP contribution in [0.25, 0.3) is 0 Å². The first kappa shape index (κ1) is 24.2. The van der Waals surface area contributed by atoms with E-state index in [0.29, 0.717) is 25.5 Å². The van der Waals surface area contributed by atoms with E-state index < -0.39 is 17.9 Å². The number of hydrogen-bond acceptors (Lipinski definition) is 6. The van der Waals surface area contributed by atoms with Gasteiger partial charge in [-0.05, 0) is 43.9 Å². The molecule has 4 heterocycles. The Kier molecular flexibility index (Phi) is 5.44. The molecule has 2 saturated carbocycles. The van der Waals surface area contributed by atoms with Crippen LogP contribution in [0.5, 0.6) is 0 Å². The van der Waals surface area contributed by atoms with Crippen molar-refractivity contribution < 1.29 is 13.2 Å². The van der Waals surface area contributed by atoms with Crippen molar-refractivity contribution in [2.24, 2.45) is 16.7 Å². The molecule has 1 spiro atoms. The quantitative estimate of drug-likeness (QED) is 0.524. The van der Waals surface area contributed by atoms with E-state index in [0.717, 1.165) is 61.5 Å². The van der Waals surface area contributed by atoms with Gasteiger partial charge in [0.15, 0.2) is 5.82 Å².